The lowest BCUT2D eigenvalue weighted by atomic mass is 10.2. The monoisotopic (exact) mass is 261 g/mol. The van der Waals surface area contributed by atoms with Gasteiger partial charge in [0.1, 0.15) is 5.82 Å². The Balaban J connectivity index is 2.02. The zero-order valence-electron chi connectivity index (χ0n) is 9.13. The molecule has 0 aliphatic heterocycles. The standard InChI is InChI=1S/C12H8FN3OS/c13-8-4-2-1-3-7(8)11-15-12(17-16-11)9-5-6-10(14)18-9/h1-6H,14H2. The van der Waals surface area contributed by atoms with Crippen LogP contribution in [0.4, 0.5) is 9.39 Å². The van der Waals surface area contributed by atoms with Crippen molar-refractivity contribution in [2.24, 2.45) is 0 Å². The van der Waals surface area contributed by atoms with E-state index in [2.05, 4.69) is 10.1 Å². The second-order valence-corrected chi connectivity index (χ2v) is 4.72. The number of thiophene rings is 1. The first kappa shape index (κ1) is 10.9. The SMILES string of the molecule is Nc1ccc(-c2nc(-c3ccccc3F)no2)s1. The van der Waals surface area contributed by atoms with E-state index in [1.54, 1.807) is 30.3 Å². The lowest BCUT2D eigenvalue weighted by Gasteiger charge is -1.94. The molecule has 0 amide bonds. The molecule has 0 bridgehead atoms. The molecule has 2 aromatic heterocycles. The number of nitrogens with two attached hydrogens (primary N) is 1. The highest BCUT2D eigenvalue weighted by atomic mass is 32.1. The third-order valence-corrected chi connectivity index (χ3v) is 3.28. The second kappa shape index (κ2) is 4.23. The van der Waals surface area contributed by atoms with Gasteiger partial charge in [-0.15, -0.1) is 11.3 Å². The van der Waals surface area contributed by atoms with Crippen molar-refractivity contribution in [2.45, 2.75) is 0 Å². The topological polar surface area (TPSA) is 64.9 Å². The van der Waals surface area contributed by atoms with Gasteiger partial charge in [0.25, 0.3) is 5.89 Å². The molecule has 2 N–H and O–H groups in total. The Morgan fingerprint density at radius 3 is 2.72 bits per heavy atom. The number of nitrogens with zero attached hydrogens (tertiary/aromatic N) is 2. The van der Waals surface area contributed by atoms with Gasteiger partial charge < -0.3 is 10.3 Å². The lowest BCUT2D eigenvalue weighted by molar-refractivity contribution is 0.433. The van der Waals surface area contributed by atoms with Crippen molar-refractivity contribution >= 4 is 16.3 Å². The fourth-order valence-electron chi connectivity index (χ4n) is 1.54. The van der Waals surface area contributed by atoms with Crippen LogP contribution in [0.3, 0.4) is 0 Å². The van der Waals surface area contributed by atoms with Gasteiger partial charge in [0.15, 0.2) is 0 Å². The van der Waals surface area contributed by atoms with Crippen molar-refractivity contribution in [1.29, 1.82) is 0 Å². The van der Waals surface area contributed by atoms with Crippen LogP contribution in [0.25, 0.3) is 22.2 Å². The minimum atomic E-state index is -0.379. The molecule has 0 saturated carbocycles. The zero-order valence-corrected chi connectivity index (χ0v) is 9.95. The number of nitrogen functional groups attached to an aromatic ring is 1. The average molecular weight is 261 g/mol. The summed E-state index contributed by atoms with van der Waals surface area (Å²) in [6.07, 6.45) is 0. The summed E-state index contributed by atoms with van der Waals surface area (Å²) in [6.45, 7) is 0. The van der Waals surface area contributed by atoms with Crippen molar-refractivity contribution in [2.75, 3.05) is 5.73 Å². The molecule has 0 aliphatic rings. The first-order valence-electron chi connectivity index (χ1n) is 5.18. The van der Waals surface area contributed by atoms with Gasteiger partial charge in [-0.1, -0.05) is 17.3 Å². The minimum Gasteiger partial charge on any atom is -0.391 e. The summed E-state index contributed by atoms with van der Waals surface area (Å²) in [5, 5.41) is 4.44. The fourth-order valence-corrected chi connectivity index (χ4v) is 2.24. The molecule has 90 valence electrons. The van der Waals surface area contributed by atoms with Gasteiger partial charge in [-0.25, -0.2) is 4.39 Å². The number of hydrogen-bond donors (Lipinski definition) is 1. The summed E-state index contributed by atoms with van der Waals surface area (Å²) in [7, 11) is 0. The number of aromatic nitrogens is 2. The van der Waals surface area contributed by atoms with Crippen molar-refractivity contribution in [3.8, 4) is 22.2 Å². The molecule has 0 unspecified atom stereocenters. The van der Waals surface area contributed by atoms with Gasteiger partial charge in [-0.2, -0.15) is 4.98 Å². The van der Waals surface area contributed by atoms with E-state index in [0.717, 1.165) is 4.88 Å². The Morgan fingerprint density at radius 2 is 2.00 bits per heavy atom. The van der Waals surface area contributed by atoms with E-state index in [0.29, 0.717) is 16.5 Å². The summed E-state index contributed by atoms with van der Waals surface area (Å²) in [4.78, 5) is 4.93. The normalized spacial score (nSPS) is 10.7. The van der Waals surface area contributed by atoms with Crippen molar-refractivity contribution < 1.29 is 8.91 Å². The van der Waals surface area contributed by atoms with Crippen molar-refractivity contribution in [1.82, 2.24) is 10.1 Å². The molecule has 2 heterocycles. The molecule has 0 saturated heterocycles. The second-order valence-electron chi connectivity index (χ2n) is 3.60. The molecule has 0 atom stereocenters. The quantitative estimate of drug-likeness (QED) is 0.769. The van der Waals surface area contributed by atoms with Crippen molar-refractivity contribution in [3.63, 3.8) is 0 Å². The van der Waals surface area contributed by atoms with Gasteiger partial charge in [0.05, 0.1) is 15.4 Å². The third-order valence-electron chi connectivity index (χ3n) is 2.38. The molecular weight excluding hydrogens is 253 g/mol. The van der Waals surface area contributed by atoms with E-state index in [1.165, 1.54) is 17.4 Å². The zero-order chi connectivity index (χ0) is 12.5. The molecule has 0 aliphatic carbocycles. The predicted molar refractivity (Wildman–Crippen MR) is 67.4 cm³/mol. The number of rotatable bonds is 2. The van der Waals surface area contributed by atoms with E-state index < -0.39 is 0 Å². The summed E-state index contributed by atoms with van der Waals surface area (Å²) in [5.41, 5.74) is 5.94. The highest BCUT2D eigenvalue weighted by molar-refractivity contribution is 7.19. The molecule has 0 spiro atoms. The number of halogens is 1. The summed E-state index contributed by atoms with van der Waals surface area (Å²) in [5.74, 6) is 0.195. The van der Waals surface area contributed by atoms with Crippen LogP contribution in [-0.4, -0.2) is 10.1 Å². The number of hydrogen-bond acceptors (Lipinski definition) is 5. The predicted octanol–water partition coefficient (Wildman–Crippen LogP) is 3.19. The Bertz CT molecular complexity index is 692. The van der Waals surface area contributed by atoms with E-state index in [-0.39, 0.29) is 11.6 Å². The van der Waals surface area contributed by atoms with Gasteiger partial charge in [0.2, 0.25) is 5.82 Å². The third kappa shape index (κ3) is 1.86. The van der Waals surface area contributed by atoms with Crippen LogP contribution >= 0.6 is 11.3 Å². The first-order valence-corrected chi connectivity index (χ1v) is 6.00. The Morgan fingerprint density at radius 1 is 1.17 bits per heavy atom. The van der Waals surface area contributed by atoms with Crippen LogP contribution in [0.5, 0.6) is 0 Å². The Labute approximate surface area is 106 Å². The van der Waals surface area contributed by atoms with E-state index >= 15 is 0 Å². The van der Waals surface area contributed by atoms with E-state index in [4.69, 9.17) is 10.3 Å². The fraction of sp³-hybridized carbons (Fsp3) is 0. The molecule has 4 nitrogen and oxygen atoms in total. The van der Waals surface area contributed by atoms with Crippen LogP contribution in [0, 0.1) is 5.82 Å². The first-order chi connectivity index (χ1) is 8.74. The molecule has 6 heteroatoms. The maximum absolute atomic E-state index is 13.6. The molecule has 0 fully saturated rings. The smallest absolute Gasteiger partial charge is 0.268 e. The van der Waals surface area contributed by atoms with Crippen LogP contribution in [0.2, 0.25) is 0 Å². The van der Waals surface area contributed by atoms with Gasteiger partial charge in [-0.3, -0.25) is 0 Å². The maximum atomic E-state index is 13.6. The molecule has 3 aromatic rings. The molecule has 0 radical (unpaired) electrons. The van der Waals surface area contributed by atoms with Crippen LogP contribution < -0.4 is 5.73 Å². The van der Waals surface area contributed by atoms with E-state index in [1.807, 2.05) is 0 Å². The Kier molecular flexibility index (Phi) is 2.56. The Hall–Kier alpha value is -2.21. The molecule has 18 heavy (non-hydrogen) atoms. The van der Waals surface area contributed by atoms with Gasteiger partial charge in [0, 0.05) is 0 Å². The largest absolute Gasteiger partial charge is 0.391 e. The van der Waals surface area contributed by atoms with Gasteiger partial charge in [-0.05, 0) is 24.3 Å². The molecule has 1 aromatic carbocycles. The molecular formula is C12H8FN3OS. The highest BCUT2D eigenvalue weighted by Crippen LogP contribution is 2.30. The molecule has 3 rings (SSSR count). The van der Waals surface area contributed by atoms with Crippen LogP contribution in [0.15, 0.2) is 40.9 Å². The number of benzene rings is 1. The summed E-state index contributed by atoms with van der Waals surface area (Å²) < 4.78 is 18.7. The van der Waals surface area contributed by atoms with Crippen LogP contribution in [0.1, 0.15) is 0 Å². The van der Waals surface area contributed by atoms with Gasteiger partial charge >= 0.3 is 0 Å². The summed E-state index contributed by atoms with van der Waals surface area (Å²) in [6, 6.07) is 9.84. The minimum absolute atomic E-state index is 0.232. The number of anilines is 1. The highest BCUT2D eigenvalue weighted by Gasteiger charge is 2.14. The lowest BCUT2D eigenvalue weighted by Crippen LogP contribution is -1.85. The van der Waals surface area contributed by atoms with Crippen LogP contribution in [-0.2, 0) is 0 Å². The van der Waals surface area contributed by atoms with E-state index in [9.17, 15) is 4.39 Å². The maximum Gasteiger partial charge on any atom is 0.268 e. The van der Waals surface area contributed by atoms with Crippen molar-refractivity contribution in [3.05, 3.63) is 42.2 Å². The average Bonchev–Trinajstić information content (AvgIpc) is 2.98. The summed E-state index contributed by atoms with van der Waals surface area (Å²) >= 11 is 1.34.